The molecular formula is C21H25FN3O3+. The Bertz CT molecular complexity index is 846. The van der Waals surface area contributed by atoms with Gasteiger partial charge in [-0.05, 0) is 49.4 Å². The van der Waals surface area contributed by atoms with Crippen LogP contribution in [0.2, 0.25) is 0 Å². The highest BCUT2D eigenvalue weighted by atomic mass is 19.1. The first-order chi connectivity index (χ1) is 13.5. The number of carbonyl (C=O) groups excluding carboxylic acids is 2. The van der Waals surface area contributed by atoms with Gasteiger partial charge in [-0.1, -0.05) is 0 Å². The van der Waals surface area contributed by atoms with Crippen molar-refractivity contribution < 1.29 is 23.6 Å². The van der Waals surface area contributed by atoms with Crippen LogP contribution in [0.4, 0.5) is 15.8 Å². The number of rotatable bonds is 5. The van der Waals surface area contributed by atoms with Crippen LogP contribution in [0.5, 0.6) is 0 Å². The molecule has 2 N–H and O–H groups in total. The highest BCUT2D eigenvalue weighted by molar-refractivity contribution is 6.06. The summed E-state index contributed by atoms with van der Waals surface area (Å²) in [5, 5.41) is 2.87. The molecule has 0 unspecified atom stereocenters. The number of quaternary nitrogens is 1. The van der Waals surface area contributed by atoms with E-state index in [0.29, 0.717) is 16.8 Å². The minimum atomic E-state index is -0.468. The lowest BCUT2D eigenvalue weighted by Gasteiger charge is -2.34. The maximum atomic E-state index is 13.1. The predicted octanol–water partition coefficient (Wildman–Crippen LogP) is 1.59. The normalized spacial score (nSPS) is 14.6. The van der Waals surface area contributed by atoms with Gasteiger partial charge in [0.15, 0.2) is 0 Å². The van der Waals surface area contributed by atoms with Crippen LogP contribution in [0, 0.1) is 5.82 Å². The van der Waals surface area contributed by atoms with Crippen LogP contribution in [0.3, 0.4) is 0 Å². The zero-order valence-electron chi connectivity index (χ0n) is 16.1. The number of anilines is 2. The van der Waals surface area contributed by atoms with Crippen molar-refractivity contribution in [2.75, 3.05) is 50.1 Å². The molecule has 0 bridgehead atoms. The van der Waals surface area contributed by atoms with Crippen molar-refractivity contribution in [1.29, 1.82) is 0 Å². The van der Waals surface area contributed by atoms with E-state index in [1.807, 2.05) is 6.07 Å². The summed E-state index contributed by atoms with van der Waals surface area (Å²) >= 11 is 0. The highest BCUT2D eigenvalue weighted by Gasteiger charge is 2.22. The molecule has 148 valence electrons. The van der Waals surface area contributed by atoms with Crippen molar-refractivity contribution in [3.63, 3.8) is 0 Å². The number of hydrogen-bond acceptors (Lipinski definition) is 4. The molecule has 2 aromatic rings. The number of esters is 1. The lowest BCUT2D eigenvalue weighted by Crippen LogP contribution is -3.14. The second-order valence-electron chi connectivity index (χ2n) is 6.78. The largest absolute Gasteiger partial charge is 0.465 e. The number of benzene rings is 2. The Morgan fingerprint density at radius 2 is 1.75 bits per heavy atom. The first-order valence-electron chi connectivity index (χ1n) is 9.39. The molecule has 1 amide bonds. The Kier molecular flexibility index (Phi) is 6.26. The topological polar surface area (TPSA) is 63.1 Å². The fourth-order valence-electron chi connectivity index (χ4n) is 3.37. The number of halogens is 1. The SMILES string of the molecule is CC[NH+]1CCN(c2ccc(C(=O)OC)cc2NC(=O)c2ccc(F)cc2)CC1. The third-order valence-electron chi connectivity index (χ3n) is 5.08. The van der Waals surface area contributed by atoms with E-state index in [-0.39, 0.29) is 5.91 Å². The third kappa shape index (κ3) is 4.48. The van der Waals surface area contributed by atoms with Crippen molar-refractivity contribution in [3.05, 3.63) is 59.4 Å². The lowest BCUT2D eigenvalue weighted by molar-refractivity contribution is -0.898. The molecule has 0 aliphatic carbocycles. The molecule has 1 aliphatic heterocycles. The van der Waals surface area contributed by atoms with Crippen molar-refractivity contribution in [2.24, 2.45) is 0 Å². The molecule has 0 saturated carbocycles. The van der Waals surface area contributed by atoms with Gasteiger partial charge in [-0.15, -0.1) is 0 Å². The van der Waals surface area contributed by atoms with E-state index in [1.165, 1.54) is 31.4 Å². The van der Waals surface area contributed by atoms with Crippen LogP contribution >= 0.6 is 0 Å². The second kappa shape index (κ2) is 8.84. The highest BCUT2D eigenvalue weighted by Crippen LogP contribution is 2.28. The zero-order chi connectivity index (χ0) is 20.1. The quantitative estimate of drug-likeness (QED) is 0.766. The van der Waals surface area contributed by atoms with Gasteiger partial charge in [-0.2, -0.15) is 0 Å². The Hall–Kier alpha value is -2.93. The third-order valence-corrected chi connectivity index (χ3v) is 5.08. The molecule has 28 heavy (non-hydrogen) atoms. The number of nitrogens with zero attached hydrogens (tertiary/aromatic N) is 1. The number of amides is 1. The molecule has 0 atom stereocenters. The van der Waals surface area contributed by atoms with Gasteiger partial charge in [0.2, 0.25) is 0 Å². The fourth-order valence-corrected chi connectivity index (χ4v) is 3.37. The van der Waals surface area contributed by atoms with Gasteiger partial charge in [-0.3, -0.25) is 4.79 Å². The van der Waals surface area contributed by atoms with E-state index in [0.717, 1.165) is 38.4 Å². The van der Waals surface area contributed by atoms with E-state index in [1.54, 1.807) is 17.0 Å². The van der Waals surface area contributed by atoms with Crippen LogP contribution in [0.1, 0.15) is 27.6 Å². The summed E-state index contributed by atoms with van der Waals surface area (Å²) in [5.74, 6) is -1.23. The van der Waals surface area contributed by atoms with E-state index in [2.05, 4.69) is 17.1 Å². The van der Waals surface area contributed by atoms with Crippen molar-refractivity contribution >= 4 is 23.3 Å². The molecule has 0 aromatic heterocycles. The summed E-state index contributed by atoms with van der Waals surface area (Å²) in [4.78, 5) is 28.3. The Morgan fingerprint density at radius 1 is 1.11 bits per heavy atom. The van der Waals surface area contributed by atoms with Crippen molar-refractivity contribution in [1.82, 2.24) is 0 Å². The zero-order valence-corrected chi connectivity index (χ0v) is 16.1. The van der Waals surface area contributed by atoms with Gasteiger partial charge < -0.3 is 19.9 Å². The van der Waals surface area contributed by atoms with Crippen LogP contribution in [0.25, 0.3) is 0 Å². The standard InChI is InChI=1S/C21H24FN3O3/c1-3-24-10-12-25(13-11-24)19-9-6-16(21(27)28-2)14-18(19)23-20(26)15-4-7-17(22)8-5-15/h4-9,14H,3,10-13H2,1-2H3,(H,23,26)/p+1. The molecule has 1 fully saturated rings. The molecule has 7 heteroatoms. The minimum Gasteiger partial charge on any atom is -0.465 e. The number of piperazine rings is 1. The summed E-state index contributed by atoms with van der Waals surface area (Å²) in [6.45, 7) is 7.01. The molecule has 1 saturated heterocycles. The fraction of sp³-hybridized carbons (Fsp3) is 0.333. The van der Waals surface area contributed by atoms with Crippen LogP contribution in [-0.4, -0.2) is 51.7 Å². The van der Waals surface area contributed by atoms with Crippen molar-refractivity contribution in [2.45, 2.75) is 6.92 Å². The Labute approximate surface area is 163 Å². The Balaban J connectivity index is 1.88. The predicted molar refractivity (Wildman–Crippen MR) is 106 cm³/mol. The van der Waals surface area contributed by atoms with Gasteiger partial charge in [-0.25, -0.2) is 9.18 Å². The van der Waals surface area contributed by atoms with E-state index >= 15 is 0 Å². The number of likely N-dealkylation sites (N-methyl/N-ethyl adjacent to an activating group) is 1. The second-order valence-corrected chi connectivity index (χ2v) is 6.78. The van der Waals surface area contributed by atoms with Crippen LogP contribution < -0.4 is 15.1 Å². The number of nitrogens with one attached hydrogen (secondary N) is 2. The van der Waals surface area contributed by atoms with Gasteiger partial charge in [0.1, 0.15) is 5.82 Å². The maximum absolute atomic E-state index is 13.1. The smallest absolute Gasteiger partial charge is 0.337 e. The molecule has 1 heterocycles. The average molecular weight is 386 g/mol. The summed E-state index contributed by atoms with van der Waals surface area (Å²) in [5.41, 5.74) is 2.10. The van der Waals surface area contributed by atoms with Gasteiger partial charge in [0, 0.05) is 5.56 Å². The Morgan fingerprint density at radius 3 is 2.36 bits per heavy atom. The summed E-state index contributed by atoms with van der Waals surface area (Å²) in [6, 6.07) is 10.5. The van der Waals surface area contributed by atoms with E-state index in [9.17, 15) is 14.0 Å². The van der Waals surface area contributed by atoms with E-state index in [4.69, 9.17) is 4.74 Å². The molecular weight excluding hydrogens is 361 g/mol. The first-order valence-corrected chi connectivity index (χ1v) is 9.39. The molecule has 0 spiro atoms. The number of hydrogen-bond donors (Lipinski definition) is 2. The van der Waals surface area contributed by atoms with Crippen LogP contribution in [-0.2, 0) is 4.74 Å². The molecule has 0 radical (unpaired) electrons. The average Bonchev–Trinajstić information content (AvgIpc) is 2.73. The van der Waals surface area contributed by atoms with Crippen molar-refractivity contribution in [3.8, 4) is 0 Å². The first kappa shape index (κ1) is 19.8. The molecule has 6 nitrogen and oxygen atoms in total. The molecule has 3 rings (SSSR count). The number of ether oxygens (including phenoxy) is 1. The van der Waals surface area contributed by atoms with Gasteiger partial charge >= 0.3 is 5.97 Å². The van der Waals surface area contributed by atoms with Crippen LogP contribution in [0.15, 0.2) is 42.5 Å². The molecule has 1 aliphatic rings. The maximum Gasteiger partial charge on any atom is 0.337 e. The minimum absolute atomic E-state index is 0.344. The number of methoxy groups -OCH3 is 1. The monoisotopic (exact) mass is 386 g/mol. The lowest BCUT2D eigenvalue weighted by atomic mass is 10.1. The summed E-state index contributed by atoms with van der Waals surface area (Å²) in [6.07, 6.45) is 0. The summed E-state index contributed by atoms with van der Waals surface area (Å²) < 4.78 is 17.9. The van der Waals surface area contributed by atoms with Gasteiger partial charge in [0.25, 0.3) is 5.91 Å². The van der Waals surface area contributed by atoms with E-state index < -0.39 is 11.8 Å². The van der Waals surface area contributed by atoms with Gasteiger partial charge in [0.05, 0.1) is 56.8 Å². The molecule has 2 aromatic carbocycles. The number of carbonyl (C=O) groups is 2. The summed E-state index contributed by atoms with van der Waals surface area (Å²) in [7, 11) is 1.32.